The Kier molecular flexibility index (Phi) is 6.26. The van der Waals surface area contributed by atoms with E-state index in [4.69, 9.17) is 14.2 Å². The van der Waals surface area contributed by atoms with Gasteiger partial charge in [-0.15, -0.1) is 6.58 Å². The van der Waals surface area contributed by atoms with E-state index in [1.807, 2.05) is 0 Å². The van der Waals surface area contributed by atoms with Crippen molar-refractivity contribution >= 4 is 28.4 Å². The molecule has 1 aromatic heterocycles. The average molecular weight is 409 g/mol. The quantitative estimate of drug-likeness (QED) is 0.495. The van der Waals surface area contributed by atoms with Crippen molar-refractivity contribution in [3.63, 3.8) is 0 Å². The molecule has 0 atom stereocenters. The van der Waals surface area contributed by atoms with Crippen LogP contribution in [-0.4, -0.2) is 44.7 Å². The number of para-hydroxylation sites is 1. The highest BCUT2D eigenvalue weighted by atomic mass is 16.5. The maximum atomic E-state index is 12.9. The molecule has 0 unspecified atom stereocenters. The molecule has 8 heteroatoms. The third kappa shape index (κ3) is 3.93. The van der Waals surface area contributed by atoms with E-state index in [2.05, 4.69) is 22.2 Å². The van der Waals surface area contributed by atoms with E-state index in [0.29, 0.717) is 45.9 Å². The van der Waals surface area contributed by atoms with Gasteiger partial charge in [-0.25, -0.2) is 0 Å². The van der Waals surface area contributed by atoms with Crippen molar-refractivity contribution in [1.29, 1.82) is 0 Å². The summed E-state index contributed by atoms with van der Waals surface area (Å²) < 4.78 is 16.2. The monoisotopic (exact) mass is 409 g/mol. The number of anilines is 1. The largest absolute Gasteiger partial charge is 0.496 e. The minimum Gasteiger partial charge on any atom is -0.496 e. The van der Waals surface area contributed by atoms with E-state index in [9.17, 15) is 9.59 Å². The highest BCUT2D eigenvalue weighted by molar-refractivity contribution is 6.11. The Morgan fingerprint density at radius 1 is 1.03 bits per heavy atom. The van der Waals surface area contributed by atoms with Crippen LogP contribution in [-0.2, 0) is 0 Å². The molecule has 2 aromatic carbocycles. The SMILES string of the molecule is C=CCNC(=O)c1ccccc1NC(=O)c1cc2c(OC)cc(OC)c(OC)c2[nH]1. The van der Waals surface area contributed by atoms with Crippen molar-refractivity contribution in [2.45, 2.75) is 0 Å². The molecular formula is C22H23N3O5. The number of hydrogen-bond acceptors (Lipinski definition) is 5. The highest BCUT2D eigenvalue weighted by Gasteiger charge is 2.20. The van der Waals surface area contributed by atoms with Gasteiger partial charge in [0.05, 0.1) is 38.1 Å². The highest BCUT2D eigenvalue weighted by Crippen LogP contribution is 2.41. The van der Waals surface area contributed by atoms with Crippen LogP contribution in [0.4, 0.5) is 5.69 Å². The molecular weight excluding hydrogens is 386 g/mol. The van der Waals surface area contributed by atoms with Crippen LogP contribution in [0.3, 0.4) is 0 Å². The van der Waals surface area contributed by atoms with E-state index in [1.54, 1.807) is 42.5 Å². The van der Waals surface area contributed by atoms with E-state index in [1.165, 1.54) is 21.3 Å². The summed E-state index contributed by atoms with van der Waals surface area (Å²) in [6, 6.07) is 10.1. The van der Waals surface area contributed by atoms with Crippen molar-refractivity contribution in [2.75, 3.05) is 33.2 Å². The van der Waals surface area contributed by atoms with Gasteiger partial charge in [0.1, 0.15) is 11.4 Å². The third-order valence-corrected chi connectivity index (χ3v) is 4.51. The maximum absolute atomic E-state index is 12.9. The summed E-state index contributed by atoms with van der Waals surface area (Å²) in [5.41, 5.74) is 1.58. The number of rotatable bonds is 8. The molecule has 156 valence electrons. The normalized spacial score (nSPS) is 10.4. The Morgan fingerprint density at radius 3 is 2.43 bits per heavy atom. The predicted octanol–water partition coefficient (Wildman–Crippen LogP) is 3.36. The fourth-order valence-corrected chi connectivity index (χ4v) is 3.10. The molecule has 30 heavy (non-hydrogen) atoms. The molecule has 0 radical (unpaired) electrons. The number of ether oxygens (including phenoxy) is 3. The van der Waals surface area contributed by atoms with Crippen molar-refractivity contribution in [2.24, 2.45) is 0 Å². The van der Waals surface area contributed by atoms with Gasteiger partial charge in [-0.05, 0) is 18.2 Å². The standard InChI is InChI=1S/C22H23N3O5/c1-5-10-23-21(26)13-8-6-7-9-15(13)25-22(27)16-11-14-17(28-2)12-18(29-3)20(30-4)19(14)24-16/h5-9,11-12,24H,1,10H2,2-4H3,(H,23,26)(H,25,27). The van der Waals surface area contributed by atoms with Gasteiger partial charge in [-0.2, -0.15) is 0 Å². The van der Waals surface area contributed by atoms with Crippen LogP contribution in [0.1, 0.15) is 20.8 Å². The molecule has 0 spiro atoms. The maximum Gasteiger partial charge on any atom is 0.272 e. The van der Waals surface area contributed by atoms with Gasteiger partial charge in [-0.1, -0.05) is 18.2 Å². The molecule has 0 saturated carbocycles. The minimum absolute atomic E-state index is 0.274. The lowest BCUT2D eigenvalue weighted by Gasteiger charge is -2.11. The number of methoxy groups -OCH3 is 3. The number of amides is 2. The summed E-state index contributed by atoms with van der Waals surface area (Å²) in [6.45, 7) is 3.90. The van der Waals surface area contributed by atoms with Gasteiger partial charge in [0.2, 0.25) is 0 Å². The van der Waals surface area contributed by atoms with Gasteiger partial charge in [-0.3, -0.25) is 9.59 Å². The van der Waals surface area contributed by atoms with E-state index in [0.717, 1.165) is 0 Å². The van der Waals surface area contributed by atoms with Gasteiger partial charge in [0.25, 0.3) is 11.8 Å². The lowest BCUT2D eigenvalue weighted by atomic mass is 10.1. The van der Waals surface area contributed by atoms with Crippen LogP contribution in [0.2, 0.25) is 0 Å². The van der Waals surface area contributed by atoms with Gasteiger partial charge in [0.15, 0.2) is 11.5 Å². The molecule has 0 aliphatic heterocycles. The second-order valence-electron chi connectivity index (χ2n) is 6.28. The number of aromatic amines is 1. The molecule has 3 rings (SSSR count). The minimum atomic E-state index is -0.418. The van der Waals surface area contributed by atoms with Crippen molar-refractivity contribution in [3.8, 4) is 17.2 Å². The molecule has 0 saturated heterocycles. The Morgan fingerprint density at radius 2 is 1.77 bits per heavy atom. The van der Waals surface area contributed by atoms with Crippen LogP contribution in [0, 0.1) is 0 Å². The zero-order chi connectivity index (χ0) is 21.7. The lowest BCUT2D eigenvalue weighted by molar-refractivity contribution is 0.0959. The summed E-state index contributed by atoms with van der Waals surface area (Å²) in [7, 11) is 4.57. The van der Waals surface area contributed by atoms with Crippen molar-refractivity contribution < 1.29 is 23.8 Å². The summed E-state index contributed by atoms with van der Waals surface area (Å²) in [5, 5.41) is 6.15. The first-order valence-corrected chi connectivity index (χ1v) is 9.15. The lowest BCUT2D eigenvalue weighted by Crippen LogP contribution is -2.25. The molecule has 8 nitrogen and oxygen atoms in total. The summed E-state index contributed by atoms with van der Waals surface area (Å²) >= 11 is 0. The number of benzene rings is 2. The number of carbonyl (C=O) groups is 2. The van der Waals surface area contributed by atoms with Crippen molar-refractivity contribution in [3.05, 3.63) is 60.3 Å². The fraction of sp³-hybridized carbons (Fsp3) is 0.182. The van der Waals surface area contributed by atoms with Crippen molar-refractivity contribution in [1.82, 2.24) is 10.3 Å². The topological polar surface area (TPSA) is 102 Å². The Hall–Kier alpha value is -3.94. The van der Waals surface area contributed by atoms with Gasteiger partial charge >= 0.3 is 0 Å². The molecule has 0 aliphatic rings. The first kappa shape index (κ1) is 20.8. The summed E-state index contributed by atoms with van der Waals surface area (Å²) in [4.78, 5) is 28.3. The van der Waals surface area contributed by atoms with Crippen LogP contribution < -0.4 is 24.8 Å². The number of hydrogen-bond donors (Lipinski definition) is 3. The molecule has 2 amide bonds. The number of fused-ring (bicyclic) bond motifs is 1. The summed E-state index contributed by atoms with van der Waals surface area (Å²) in [6.07, 6.45) is 1.58. The van der Waals surface area contributed by atoms with Gasteiger partial charge in [0, 0.05) is 18.0 Å². The zero-order valence-electron chi connectivity index (χ0n) is 17.0. The second-order valence-corrected chi connectivity index (χ2v) is 6.28. The van der Waals surface area contributed by atoms with E-state index in [-0.39, 0.29) is 11.6 Å². The van der Waals surface area contributed by atoms with E-state index < -0.39 is 5.91 Å². The van der Waals surface area contributed by atoms with E-state index >= 15 is 0 Å². The number of H-pyrrole nitrogens is 1. The molecule has 0 fully saturated rings. The van der Waals surface area contributed by atoms with Gasteiger partial charge < -0.3 is 29.8 Å². The Bertz CT molecular complexity index is 1100. The number of carbonyl (C=O) groups excluding carboxylic acids is 2. The Labute approximate surface area is 173 Å². The van der Waals surface area contributed by atoms with Crippen LogP contribution in [0.25, 0.3) is 10.9 Å². The van der Waals surface area contributed by atoms with Crippen LogP contribution in [0.5, 0.6) is 17.2 Å². The Balaban J connectivity index is 1.97. The third-order valence-electron chi connectivity index (χ3n) is 4.51. The molecule has 0 bridgehead atoms. The first-order valence-electron chi connectivity index (χ1n) is 9.15. The molecule has 0 aliphatic carbocycles. The average Bonchev–Trinajstić information content (AvgIpc) is 3.22. The molecule has 1 heterocycles. The zero-order valence-corrected chi connectivity index (χ0v) is 17.0. The first-order chi connectivity index (χ1) is 14.5. The molecule has 3 aromatic rings. The summed E-state index contributed by atoms with van der Waals surface area (Å²) in [5.74, 6) is 0.729. The van der Waals surface area contributed by atoms with Crippen LogP contribution in [0.15, 0.2) is 49.1 Å². The smallest absolute Gasteiger partial charge is 0.272 e. The number of aromatic nitrogens is 1. The fourth-order valence-electron chi connectivity index (χ4n) is 3.10. The predicted molar refractivity (Wildman–Crippen MR) is 115 cm³/mol. The molecule has 3 N–H and O–H groups in total. The van der Waals surface area contributed by atoms with Crippen LogP contribution >= 0.6 is 0 Å². The second kappa shape index (κ2) is 9.04. The number of nitrogens with one attached hydrogen (secondary N) is 3.